The van der Waals surface area contributed by atoms with Gasteiger partial charge in [-0.1, -0.05) is 18.9 Å². The third-order valence-corrected chi connectivity index (χ3v) is 6.23. The van der Waals surface area contributed by atoms with Crippen molar-refractivity contribution in [3.05, 3.63) is 22.4 Å². The number of hydrogen-bond donors (Lipinski definition) is 0. The second-order valence-electron chi connectivity index (χ2n) is 6.45. The van der Waals surface area contributed by atoms with E-state index in [4.69, 9.17) is 4.74 Å². The van der Waals surface area contributed by atoms with Gasteiger partial charge in [-0.05, 0) is 24.3 Å². The summed E-state index contributed by atoms with van der Waals surface area (Å²) in [6.07, 6.45) is 3.33. The maximum atomic E-state index is 13.1. The van der Waals surface area contributed by atoms with Gasteiger partial charge in [-0.3, -0.25) is 9.59 Å². The first kappa shape index (κ1) is 14.7. The third-order valence-electron chi connectivity index (χ3n) is 5.16. The molecule has 1 aromatic heterocycles. The number of likely N-dealkylation sites (tertiary alicyclic amines) is 1. The highest BCUT2D eigenvalue weighted by Gasteiger charge is 2.51. The molecule has 1 saturated carbocycles. The van der Waals surface area contributed by atoms with E-state index >= 15 is 0 Å². The zero-order chi connectivity index (χ0) is 16.0. The Bertz CT molecular complexity index is 629. The normalized spacial score (nSPS) is 24.0. The number of cyclic esters (lactones) is 1. The van der Waals surface area contributed by atoms with Crippen molar-refractivity contribution in [3.63, 3.8) is 0 Å². The van der Waals surface area contributed by atoms with Gasteiger partial charge in [0.1, 0.15) is 0 Å². The van der Waals surface area contributed by atoms with Gasteiger partial charge in [0.25, 0.3) is 5.91 Å². The minimum Gasteiger partial charge on any atom is -0.439 e. The summed E-state index contributed by atoms with van der Waals surface area (Å²) in [5.74, 6) is -0.158. The molecular formula is C16H18N2O4S. The van der Waals surface area contributed by atoms with Crippen LogP contribution >= 0.6 is 11.3 Å². The minimum absolute atomic E-state index is 0.147. The van der Waals surface area contributed by atoms with Crippen LogP contribution in [-0.2, 0) is 19.7 Å². The van der Waals surface area contributed by atoms with Crippen molar-refractivity contribution in [1.29, 1.82) is 0 Å². The predicted molar refractivity (Wildman–Crippen MR) is 83.0 cm³/mol. The first-order valence-electron chi connectivity index (χ1n) is 7.94. The minimum atomic E-state index is -0.582. The van der Waals surface area contributed by atoms with Gasteiger partial charge in [-0.25, -0.2) is 9.69 Å². The zero-order valence-corrected chi connectivity index (χ0v) is 13.5. The summed E-state index contributed by atoms with van der Waals surface area (Å²) in [7, 11) is 0. The molecule has 1 aliphatic carbocycles. The highest BCUT2D eigenvalue weighted by Crippen LogP contribution is 2.45. The van der Waals surface area contributed by atoms with Crippen LogP contribution in [0.15, 0.2) is 17.5 Å². The Balaban J connectivity index is 1.48. The van der Waals surface area contributed by atoms with E-state index in [2.05, 4.69) is 0 Å². The van der Waals surface area contributed by atoms with Gasteiger partial charge >= 0.3 is 6.09 Å². The van der Waals surface area contributed by atoms with Crippen molar-refractivity contribution < 1.29 is 19.1 Å². The molecule has 3 heterocycles. The Kier molecular flexibility index (Phi) is 3.41. The molecule has 0 aromatic carbocycles. The number of carbonyl (C=O) groups excluding carboxylic acids is 3. The molecule has 0 bridgehead atoms. The van der Waals surface area contributed by atoms with Crippen LogP contribution in [0, 0.1) is 0 Å². The number of carbonyl (C=O) groups is 3. The van der Waals surface area contributed by atoms with Crippen LogP contribution in [0.5, 0.6) is 0 Å². The summed E-state index contributed by atoms with van der Waals surface area (Å²) in [5, 5.41) is 2.01. The van der Waals surface area contributed by atoms with Crippen LogP contribution in [0.1, 0.15) is 30.6 Å². The number of amides is 3. The lowest BCUT2D eigenvalue weighted by Gasteiger charge is -2.45. The molecule has 4 rings (SSSR count). The largest absolute Gasteiger partial charge is 0.439 e. The second-order valence-corrected chi connectivity index (χ2v) is 7.40. The van der Waals surface area contributed by atoms with Gasteiger partial charge in [0, 0.05) is 18.0 Å². The fourth-order valence-corrected chi connectivity index (χ4v) is 4.88. The van der Waals surface area contributed by atoms with Gasteiger partial charge in [-0.2, -0.15) is 0 Å². The molecule has 23 heavy (non-hydrogen) atoms. The van der Waals surface area contributed by atoms with Crippen molar-refractivity contribution in [2.75, 3.05) is 19.7 Å². The first-order valence-corrected chi connectivity index (χ1v) is 8.82. The summed E-state index contributed by atoms with van der Waals surface area (Å²) < 4.78 is 4.74. The van der Waals surface area contributed by atoms with Crippen LogP contribution in [0.2, 0.25) is 0 Å². The molecule has 122 valence electrons. The fourth-order valence-electron chi connectivity index (χ4n) is 3.90. The molecule has 3 aliphatic rings. The quantitative estimate of drug-likeness (QED) is 0.845. The molecule has 0 atom stereocenters. The third kappa shape index (κ3) is 2.17. The van der Waals surface area contributed by atoms with Crippen LogP contribution in [0.4, 0.5) is 4.79 Å². The van der Waals surface area contributed by atoms with E-state index in [1.807, 2.05) is 17.5 Å². The fraction of sp³-hybridized carbons (Fsp3) is 0.562. The Morgan fingerprint density at radius 2 is 2.00 bits per heavy atom. The molecule has 3 fully saturated rings. The summed E-state index contributed by atoms with van der Waals surface area (Å²) in [5.41, 5.74) is -0.394. The molecule has 6 nitrogen and oxygen atoms in total. The topological polar surface area (TPSA) is 66.9 Å². The van der Waals surface area contributed by atoms with Crippen molar-refractivity contribution in [3.8, 4) is 0 Å². The monoisotopic (exact) mass is 334 g/mol. The molecule has 2 saturated heterocycles. The summed E-state index contributed by atoms with van der Waals surface area (Å²) in [4.78, 5) is 40.4. The smallest absolute Gasteiger partial charge is 0.417 e. The van der Waals surface area contributed by atoms with E-state index in [0.717, 1.165) is 35.5 Å². The van der Waals surface area contributed by atoms with E-state index in [9.17, 15) is 14.4 Å². The standard InChI is InChI=1S/C16H18N2O4S/c19-13-10-22-15(21)18(13)11-8-17(9-11)14(20)16(5-1-2-6-16)12-4-3-7-23-12/h3-4,7,11H,1-2,5-6,8-10H2. The Labute approximate surface area is 138 Å². The first-order chi connectivity index (χ1) is 11.1. The molecule has 3 amide bonds. The molecule has 0 N–H and O–H groups in total. The number of imide groups is 1. The van der Waals surface area contributed by atoms with Gasteiger partial charge in [0.2, 0.25) is 5.91 Å². The van der Waals surface area contributed by atoms with E-state index < -0.39 is 11.5 Å². The second kappa shape index (κ2) is 5.33. The Morgan fingerprint density at radius 3 is 2.57 bits per heavy atom. The highest BCUT2D eigenvalue weighted by molar-refractivity contribution is 7.10. The molecule has 2 aliphatic heterocycles. The van der Waals surface area contributed by atoms with Crippen LogP contribution < -0.4 is 0 Å². The van der Waals surface area contributed by atoms with Crippen LogP contribution in [0.3, 0.4) is 0 Å². The lowest BCUT2D eigenvalue weighted by molar-refractivity contribution is -0.147. The van der Waals surface area contributed by atoms with E-state index in [1.165, 1.54) is 0 Å². The van der Waals surface area contributed by atoms with Gasteiger partial charge in [0.15, 0.2) is 6.61 Å². The number of ether oxygens (including phenoxy) is 1. The molecule has 0 unspecified atom stereocenters. The van der Waals surface area contributed by atoms with E-state index in [0.29, 0.717) is 13.1 Å². The maximum absolute atomic E-state index is 13.1. The molecule has 0 spiro atoms. The lowest BCUT2D eigenvalue weighted by atomic mass is 9.81. The molecular weight excluding hydrogens is 316 g/mol. The average Bonchev–Trinajstić information content (AvgIpc) is 3.21. The van der Waals surface area contributed by atoms with Gasteiger partial charge in [-0.15, -0.1) is 11.3 Å². The molecule has 0 radical (unpaired) electrons. The number of hydrogen-bond acceptors (Lipinski definition) is 5. The van der Waals surface area contributed by atoms with Crippen LogP contribution in [-0.4, -0.2) is 53.4 Å². The van der Waals surface area contributed by atoms with Gasteiger partial charge < -0.3 is 9.64 Å². The summed E-state index contributed by atoms with van der Waals surface area (Å²) >= 11 is 1.64. The summed E-state index contributed by atoms with van der Waals surface area (Å²) in [6.45, 7) is 0.669. The Hall–Kier alpha value is -1.89. The van der Waals surface area contributed by atoms with Crippen molar-refractivity contribution >= 4 is 29.2 Å². The Morgan fingerprint density at radius 1 is 1.26 bits per heavy atom. The average molecular weight is 334 g/mol. The summed E-state index contributed by atoms with van der Waals surface area (Å²) in [6, 6.07) is 3.81. The molecule has 1 aromatic rings. The number of rotatable bonds is 3. The van der Waals surface area contributed by atoms with Crippen molar-refractivity contribution in [1.82, 2.24) is 9.80 Å². The lowest BCUT2D eigenvalue weighted by Crippen LogP contribution is -2.64. The number of thiophene rings is 1. The van der Waals surface area contributed by atoms with Crippen molar-refractivity contribution in [2.24, 2.45) is 0 Å². The number of nitrogens with zero attached hydrogens (tertiary/aromatic N) is 2. The van der Waals surface area contributed by atoms with Crippen molar-refractivity contribution in [2.45, 2.75) is 37.1 Å². The van der Waals surface area contributed by atoms with E-state index in [-0.39, 0.29) is 24.5 Å². The SMILES string of the molecule is O=C1COC(=O)N1C1CN(C(=O)C2(c3cccs3)CCCC2)C1. The predicted octanol–water partition coefficient (Wildman–Crippen LogP) is 1.75. The zero-order valence-electron chi connectivity index (χ0n) is 12.7. The van der Waals surface area contributed by atoms with Gasteiger partial charge in [0.05, 0.1) is 11.5 Å². The van der Waals surface area contributed by atoms with Crippen LogP contribution in [0.25, 0.3) is 0 Å². The molecule has 7 heteroatoms. The maximum Gasteiger partial charge on any atom is 0.417 e. The highest BCUT2D eigenvalue weighted by atomic mass is 32.1. The van der Waals surface area contributed by atoms with E-state index in [1.54, 1.807) is 16.2 Å².